The van der Waals surface area contributed by atoms with Crippen LogP contribution in [0.3, 0.4) is 0 Å². The van der Waals surface area contributed by atoms with Gasteiger partial charge in [0.1, 0.15) is 5.82 Å². The van der Waals surface area contributed by atoms with Gasteiger partial charge in [0.25, 0.3) is 0 Å². The number of ether oxygens (including phenoxy) is 1. The van der Waals surface area contributed by atoms with Crippen molar-refractivity contribution < 1.29 is 9.53 Å². The van der Waals surface area contributed by atoms with Crippen molar-refractivity contribution in [3.8, 4) is 0 Å². The molecule has 1 aromatic carbocycles. The minimum absolute atomic E-state index is 0.137. The number of aromatic nitrogens is 2. The van der Waals surface area contributed by atoms with E-state index in [1.54, 1.807) is 6.20 Å². The fourth-order valence-corrected chi connectivity index (χ4v) is 3.62. The molecule has 0 N–H and O–H groups in total. The van der Waals surface area contributed by atoms with Crippen molar-refractivity contribution >= 4 is 17.5 Å². The fraction of sp³-hybridized carbons (Fsp3) is 0.524. The lowest BCUT2D eigenvalue weighted by atomic mass is 10.1. The fourth-order valence-electron chi connectivity index (χ4n) is 3.41. The molecule has 6 heteroatoms. The van der Waals surface area contributed by atoms with Crippen molar-refractivity contribution in [2.45, 2.75) is 52.3 Å². The highest BCUT2D eigenvalue weighted by Crippen LogP contribution is 2.18. The average molecular weight is 390 g/mol. The minimum Gasteiger partial charge on any atom is -0.376 e. The normalized spacial score (nSPS) is 16.8. The molecule has 1 saturated heterocycles. The minimum atomic E-state index is 0.137. The smallest absolute Gasteiger partial charge is 0.223 e. The maximum atomic E-state index is 12.8. The zero-order valence-corrected chi connectivity index (χ0v) is 16.9. The number of halogens is 1. The molecule has 1 amide bonds. The van der Waals surface area contributed by atoms with Crippen LogP contribution in [0.4, 0.5) is 0 Å². The first-order valence-electron chi connectivity index (χ1n) is 9.65. The molecule has 146 valence electrons. The van der Waals surface area contributed by atoms with Gasteiger partial charge in [-0.3, -0.25) is 4.79 Å². The van der Waals surface area contributed by atoms with E-state index in [1.165, 1.54) is 0 Å². The van der Waals surface area contributed by atoms with Crippen LogP contribution >= 0.6 is 11.6 Å². The second kappa shape index (κ2) is 9.38. The lowest BCUT2D eigenvalue weighted by Gasteiger charge is -2.26. The molecule has 0 bridgehead atoms. The number of carbonyl (C=O) groups is 1. The number of rotatable bonds is 8. The van der Waals surface area contributed by atoms with Crippen LogP contribution in [0.15, 0.2) is 36.7 Å². The van der Waals surface area contributed by atoms with E-state index in [2.05, 4.69) is 23.4 Å². The van der Waals surface area contributed by atoms with Crippen molar-refractivity contribution in [3.05, 3.63) is 53.1 Å². The Bertz CT molecular complexity index is 753. The Morgan fingerprint density at radius 3 is 3.00 bits per heavy atom. The van der Waals surface area contributed by atoms with Crippen LogP contribution in [-0.4, -0.2) is 39.6 Å². The van der Waals surface area contributed by atoms with E-state index in [0.717, 1.165) is 35.9 Å². The Morgan fingerprint density at radius 1 is 1.44 bits per heavy atom. The van der Waals surface area contributed by atoms with Crippen molar-refractivity contribution in [3.63, 3.8) is 0 Å². The summed E-state index contributed by atoms with van der Waals surface area (Å²) in [5.74, 6) is 1.37. The first-order valence-corrected chi connectivity index (χ1v) is 10.0. The zero-order valence-electron chi connectivity index (χ0n) is 16.1. The van der Waals surface area contributed by atoms with E-state index in [9.17, 15) is 4.79 Å². The van der Waals surface area contributed by atoms with Crippen LogP contribution in [0.5, 0.6) is 0 Å². The molecule has 27 heavy (non-hydrogen) atoms. The van der Waals surface area contributed by atoms with Gasteiger partial charge in [-0.25, -0.2) is 4.98 Å². The molecule has 1 atom stereocenters. The Balaban J connectivity index is 1.72. The lowest BCUT2D eigenvalue weighted by molar-refractivity contribution is -0.134. The second-order valence-electron chi connectivity index (χ2n) is 7.61. The summed E-state index contributed by atoms with van der Waals surface area (Å²) < 4.78 is 7.84. The van der Waals surface area contributed by atoms with Gasteiger partial charge >= 0.3 is 0 Å². The molecule has 1 aromatic heterocycles. The van der Waals surface area contributed by atoms with Crippen LogP contribution in [0, 0.1) is 5.92 Å². The quantitative estimate of drug-likeness (QED) is 0.681. The van der Waals surface area contributed by atoms with Gasteiger partial charge < -0.3 is 14.2 Å². The number of carbonyl (C=O) groups excluding carboxylic acids is 1. The van der Waals surface area contributed by atoms with Gasteiger partial charge in [0.2, 0.25) is 5.91 Å². The molecular formula is C21H28ClN3O2. The van der Waals surface area contributed by atoms with Crippen LogP contribution < -0.4 is 0 Å². The standard InChI is InChI=1S/C21H28ClN3O2/c1-16(2)11-21(26)25(14-19-7-4-10-27-19)15-20-23-8-9-24(20)13-17-5-3-6-18(22)12-17/h3,5-6,8-9,12,16,19H,4,7,10-11,13-15H2,1-2H3/t19-/m1/s1. The molecule has 1 aliphatic heterocycles. The molecule has 3 rings (SSSR count). The van der Waals surface area contributed by atoms with E-state index >= 15 is 0 Å². The number of nitrogens with zero attached hydrogens (tertiary/aromatic N) is 3. The van der Waals surface area contributed by atoms with Crippen LogP contribution in [-0.2, 0) is 22.6 Å². The number of imidazole rings is 1. The van der Waals surface area contributed by atoms with E-state index in [-0.39, 0.29) is 12.0 Å². The third-order valence-corrected chi connectivity index (χ3v) is 4.99. The van der Waals surface area contributed by atoms with Gasteiger partial charge in [-0.15, -0.1) is 0 Å². The topological polar surface area (TPSA) is 47.4 Å². The predicted octanol–water partition coefficient (Wildman–Crippen LogP) is 4.14. The number of amides is 1. The van der Waals surface area contributed by atoms with Crippen LogP contribution in [0.2, 0.25) is 5.02 Å². The van der Waals surface area contributed by atoms with Gasteiger partial charge in [-0.2, -0.15) is 0 Å². The number of benzene rings is 1. The molecule has 0 spiro atoms. The first-order chi connectivity index (χ1) is 13.0. The summed E-state index contributed by atoms with van der Waals surface area (Å²) in [6.07, 6.45) is 6.51. The molecule has 2 heterocycles. The molecule has 0 radical (unpaired) electrons. The van der Waals surface area contributed by atoms with Crippen LogP contribution in [0.1, 0.15) is 44.5 Å². The van der Waals surface area contributed by atoms with Gasteiger partial charge in [-0.05, 0) is 36.5 Å². The Kier molecular flexibility index (Phi) is 6.91. The third-order valence-electron chi connectivity index (χ3n) is 4.76. The summed E-state index contributed by atoms with van der Waals surface area (Å²) in [6, 6.07) is 7.82. The number of hydrogen-bond acceptors (Lipinski definition) is 3. The van der Waals surface area contributed by atoms with Crippen molar-refractivity contribution in [1.82, 2.24) is 14.5 Å². The van der Waals surface area contributed by atoms with E-state index < -0.39 is 0 Å². The third kappa shape index (κ3) is 5.81. The lowest BCUT2D eigenvalue weighted by Crippen LogP contribution is -2.38. The maximum Gasteiger partial charge on any atom is 0.223 e. The van der Waals surface area contributed by atoms with Gasteiger partial charge in [-0.1, -0.05) is 37.6 Å². The Hall–Kier alpha value is -1.85. The van der Waals surface area contributed by atoms with Gasteiger partial charge in [0.05, 0.1) is 12.6 Å². The first kappa shape index (κ1) is 19.9. The van der Waals surface area contributed by atoms with E-state index in [1.807, 2.05) is 35.4 Å². The molecule has 5 nitrogen and oxygen atoms in total. The summed E-state index contributed by atoms with van der Waals surface area (Å²) in [5, 5.41) is 0.723. The summed E-state index contributed by atoms with van der Waals surface area (Å²) >= 11 is 6.10. The highest BCUT2D eigenvalue weighted by molar-refractivity contribution is 6.30. The molecule has 1 aliphatic rings. The summed E-state index contributed by atoms with van der Waals surface area (Å²) in [4.78, 5) is 19.2. The SMILES string of the molecule is CC(C)CC(=O)N(Cc1nccn1Cc1cccc(Cl)c1)C[C@H]1CCCO1. The monoisotopic (exact) mass is 389 g/mol. The molecule has 0 aliphatic carbocycles. The molecule has 1 fully saturated rings. The molecular weight excluding hydrogens is 362 g/mol. The maximum absolute atomic E-state index is 12.8. The summed E-state index contributed by atoms with van der Waals surface area (Å²) in [6.45, 7) is 6.75. The van der Waals surface area contributed by atoms with Crippen molar-refractivity contribution in [2.24, 2.45) is 5.92 Å². The predicted molar refractivity (Wildman–Crippen MR) is 107 cm³/mol. The largest absolute Gasteiger partial charge is 0.376 e. The molecule has 0 unspecified atom stereocenters. The Morgan fingerprint density at radius 2 is 2.30 bits per heavy atom. The molecule has 2 aromatic rings. The van der Waals surface area contributed by atoms with Crippen LogP contribution in [0.25, 0.3) is 0 Å². The van der Waals surface area contributed by atoms with E-state index in [4.69, 9.17) is 16.3 Å². The summed E-state index contributed by atoms with van der Waals surface area (Å²) in [5.41, 5.74) is 1.11. The molecule has 0 saturated carbocycles. The second-order valence-corrected chi connectivity index (χ2v) is 8.04. The van der Waals surface area contributed by atoms with Crippen molar-refractivity contribution in [1.29, 1.82) is 0 Å². The van der Waals surface area contributed by atoms with Gasteiger partial charge in [0.15, 0.2) is 0 Å². The van der Waals surface area contributed by atoms with Gasteiger partial charge in [0, 0.05) is 43.5 Å². The Labute approximate surface area is 166 Å². The van der Waals surface area contributed by atoms with Crippen molar-refractivity contribution in [2.75, 3.05) is 13.2 Å². The highest BCUT2D eigenvalue weighted by atomic mass is 35.5. The number of hydrogen-bond donors (Lipinski definition) is 0. The van der Waals surface area contributed by atoms with E-state index in [0.29, 0.717) is 32.0 Å². The summed E-state index contributed by atoms with van der Waals surface area (Å²) in [7, 11) is 0. The zero-order chi connectivity index (χ0) is 19.2. The highest BCUT2D eigenvalue weighted by Gasteiger charge is 2.24. The average Bonchev–Trinajstić information content (AvgIpc) is 3.26.